The van der Waals surface area contributed by atoms with Gasteiger partial charge in [0.1, 0.15) is 24.6 Å². The van der Waals surface area contributed by atoms with E-state index in [4.69, 9.17) is 28.1 Å². The standard InChI is InChI=1S/C34H46O10Si/c1-20-11-14-26(18-27(20)17-25-12-15-28(16-13-25)44-45(9,10)34(6,7)8)30-32(41-23(4)37)33(42-24(5)38)31(40-22(3)36)29(43-30)19-39-21(2)35/h11-16,18,29-33H,17,19H2,1-10H3/t29-,30+,31-,32+,33-/m1/s1. The largest absolute Gasteiger partial charge is 0.544 e. The summed E-state index contributed by atoms with van der Waals surface area (Å²) in [5, 5.41) is 0.0816. The summed E-state index contributed by atoms with van der Waals surface area (Å²) in [6, 6.07) is 13.8. The third-order valence-corrected chi connectivity index (χ3v) is 12.5. The van der Waals surface area contributed by atoms with Crippen LogP contribution in [0.2, 0.25) is 18.1 Å². The van der Waals surface area contributed by atoms with Crippen molar-refractivity contribution in [2.75, 3.05) is 6.61 Å². The van der Waals surface area contributed by atoms with Gasteiger partial charge in [0.15, 0.2) is 18.3 Å². The lowest BCUT2D eigenvalue weighted by molar-refractivity contribution is -0.254. The molecule has 1 aliphatic rings. The minimum atomic E-state index is -1.98. The molecule has 0 bridgehead atoms. The zero-order valence-electron chi connectivity index (χ0n) is 27.9. The molecule has 2 aromatic carbocycles. The molecule has 0 radical (unpaired) electrons. The summed E-state index contributed by atoms with van der Waals surface area (Å²) in [7, 11) is -1.98. The summed E-state index contributed by atoms with van der Waals surface area (Å²) in [5.74, 6) is -1.72. The van der Waals surface area contributed by atoms with Crippen LogP contribution in [-0.2, 0) is 49.3 Å². The Morgan fingerprint density at radius 3 is 1.87 bits per heavy atom. The second-order valence-corrected chi connectivity index (χ2v) is 17.7. The fourth-order valence-corrected chi connectivity index (χ4v) is 5.93. The second-order valence-electron chi connectivity index (χ2n) is 13.0. The van der Waals surface area contributed by atoms with Crippen LogP contribution in [0.5, 0.6) is 5.75 Å². The average Bonchev–Trinajstić information content (AvgIpc) is 2.90. The lowest BCUT2D eigenvalue weighted by atomic mass is 9.88. The number of esters is 4. The molecule has 10 nitrogen and oxygen atoms in total. The molecule has 0 N–H and O–H groups in total. The Hall–Kier alpha value is -3.70. The van der Waals surface area contributed by atoms with Crippen LogP contribution < -0.4 is 4.43 Å². The van der Waals surface area contributed by atoms with E-state index in [1.54, 1.807) is 0 Å². The van der Waals surface area contributed by atoms with Gasteiger partial charge in [-0.15, -0.1) is 0 Å². The van der Waals surface area contributed by atoms with E-state index in [2.05, 4.69) is 33.9 Å². The number of aryl methyl sites for hydroxylation is 1. The van der Waals surface area contributed by atoms with Crippen molar-refractivity contribution in [3.63, 3.8) is 0 Å². The molecular weight excluding hydrogens is 596 g/mol. The molecule has 1 heterocycles. The van der Waals surface area contributed by atoms with Crippen molar-refractivity contribution in [1.82, 2.24) is 0 Å². The minimum absolute atomic E-state index is 0.0816. The first-order valence-corrected chi connectivity index (χ1v) is 18.0. The lowest BCUT2D eigenvalue weighted by Crippen LogP contribution is -2.59. The first kappa shape index (κ1) is 35.8. The fraction of sp³-hybridized carbons (Fsp3) is 0.529. The molecule has 5 atom stereocenters. The van der Waals surface area contributed by atoms with Crippen molar-refractivity contribution in [3.05, 3.63) is 64.7 Å². The van der Waals surface area contributed by atoms with Gasteiger partial charge in [-0.05, 0) is 65.9 Å². The van der Waals surface area contributed by atoms with E-state index in [9.17, 15) is 19.2 Å². The molecule has 1 fully saturated rings. The first-order valence-electron chi connectivity index (χ1n) is 15.1. The van der Waals surface area contributed by atoms with Crippen molar-refractivity contribution < 1.29 is 47.3 Å². The highest BCUT2D eigenvalue weighted by Gasteiger charge is 2.52. The van der Waals surface area contributed by atoms with Crippen molar-refractivity contribution in [3.8, 4) is 5.75 Å². The summed E-state index contributed by atoms with van der Waals surface area (Å²) in [5.41, 5.74) is 3.75. The number of carbonyl (C=O) groups excluding carboxylic acids is 4. The fourth-order valence-electron chi connectivity index (χ4n) is 4.90. The molecule has 0 amide bonds. The van der Waals surface area contributed by atoms with Gasteiger partial charge in [0.05, 0.1) is 0 Å². The van der Waals surface area contributed by atoms with Crippen LogP contribution in [0.1, 0.15) is 76.8 Å². The molecule has 3 rings (SSSR count). The Labute approximate surface area is 266 Å². The Bertz CT molecular complexity index is 1380. The number of benzene rings is 2. The van der Waals surface area contributed by atoms with Gasteiger partial charge in [0.2, 0.25) is 8.32 Å². The van der Waals surface area contributed by atoms with Gasteiger partial charge < -0.3 is 28.1 Å². The number of hydrogen-bond donors (Lipinski definition) is 0. The molecule has 0 saturated carbocycles. The normalized spacial score (nSPS) is 21.8. The zero-order chi connectivity index (χ0) is 33.7. The molecule has 1 aliphatic heterocycles. The third kappa shape index (κ3) is 9.64. The maximum atomic E-state index is 12.3. The number of carbonyl (C=O) groups is 4. The monoisotopic (exact) mass is 642 g/mol. The highest BCUT2D eigenvalue weighted by Crippen LogP contribution is 2.39. The van der Waals surface area contributed by atoms with Crippen LogP contribution in [0.15, 0.2) is 42.5 Å². The summed E-state index contributed by atoms with van der Waals surface area (Å²) < 4.78 is 34.8. The Morgan fingerprint density at radius 2 is 1.33 bits per heavy atom. The molecule has 0 aromatic heterocycles. The van der Waals surface area contributed by atoms with Gasteiger partial charge in [-0.25, -0.2) is 0 Å². The van der Waals surface area contributed by atoms with E-state index < -0.39 is 62.7 Å². The Morgan fingerprint density at radius 1 is 0.778 bits per heavy atom. The maximum Gasteiger partial charge on any atom is 0.303 e. The zero-order valence-corrected chi connectivity index (χ0v) is 28.9. The van der Waals surface area contributed by atoms with Crippen molar-refractivity contribution in [2.24, 2.45) is 0 Å². The molecule has 1 saturated heterocycles. The van der Waals surface area contributed by atoms with E-state index in [1.165, 1.54) is 27.7 Å². The lowest BCUT2D eigenvalue weighted by Gasteiger charge is -2.44. The van der Waals surface area contributed by atoms with Crippen LogP contribution in [0.25, 0.3) is 0 Å². The molecular formula is C34H46O10Si. The van der Waals surface area contributed by atoms with Gasteiger partial charge in [-0.1, -0.05) is 51.1 Å². The third-order valence-electron chi connectivity index (χ3n) is 8.19. The Balaban J connectivity index is 1.98. The van der Waals surface area contributed by atoms with Crippen molar-refractivity contribution >= 4 is 32.2 Å². The molecule has 0 spiro atoms. The maximum absolute atomic E-state index is 12.3. The number of hydrogen-bond acceptors (Lipinski definition) is 10. The molecule has 0 unspecified atom stereocenters. The highest BCUT2D eigenvalue weighted by molar-refractivity contribution is 6.74. The predicted octanol–water partition coefficient (Wildman–Crippen LogP) is 5.77. The summed E-state index contributed by atoms with van der Waals surface area (Å²) in [6.07, 6.45) is -4.95. The van der Waals surface area contributed by atoms with Gasteiger partial charge in [0, 0.05) is 27.7 Å². The first-order chi connectivity index (χ1) is 20.9. The SMILES string of the molecule is CC(=O)OC[C@H]1O[C@@H](c2ccc(C)c(Cc3ccc(O[Si](C)(C)C(C)(C)C)cc3)c2)[C@H](OC(C)=O)[C@H](OC(C)=O)[C@@H]1OC(C)=O. The van der Waals surface area contributed by atoms with Crippen LogP contribution in [0, 0.1) is 6.92 Å². The van der Waals surface area contributed by atoms with Crippen molar-refractivity contribution in [2.45, 2.75) is 110 Å². The second kappa shape index (κ2) is 14.6. The molecule has 11 heteroatoms. The van der Waals surface area contributed by atoms with Crippen LogP contribution >= 0.6 is 0 Å². The summed E-state index contributed by atoms with van der Waals surface area (Å²) >= 11 is 0. The van der Waals surface area contributed by atoms with E-state index in [0.29, 0.717) is 12.0 Å². The predicted molar refractivity (Wildman–Crippen MR) is 169 cm³/mol. The van der Waals surface area contributed by atoms with E-state index in [0.717, 1.165) is 22.4 Å². The number of ether oxygens (including phenoxy) is 5. The molecule has 246 valence electrons. The molecule has 2 aromatic rings. The smallest absolute Gasteiger partial charge is 0.303 e. The summed E-state index contributed by atoms with van der Waals surface area (Å²) in [4.78, 5) is 48.2. The summed E-state index contributed by atoms with van der Waals surface area (Å²) in [6.45, 7) is 17.6. The van der Waals surface area contributed by atoms with Crippen LogP contribution in [0.4, 0.5) is 0 Å². The van der Waals surface area contributed by atoms with Gasteiger partial charge in [-0.2, -0.15) is 0 Å². The Kier molecular flexibility index (Phi) is 11.6. The highest BCUT2D eigenvalue weighted by atomic mass is 28.4. The topological polar surface area (TPSA) is 124 Å². The van der Waals surface area contributed by atoms with Gasteiger partial charge >= 0.3 is 23.9 Å². The average molecular weight is 643 g/mol. The minimum Gasteiger partial charge on any atom is -0.544 e. The molecule has 0 aliphatic carbocycles. The van der Waals surface area contributed by atoms with Crippen molar-refractivity contribution in [1.29, 1.82) is 0 Å². The van der Waals surface area contributed by atoms with Crippen LogP contribution in [0.3, 0.4) is 0 Å². The van der Waals surface area contributed by atoms with Gasteiger partial charge in [-0.3, -0.25) is 19.2 Å². The van der Waals surface area contributed by atoms with E-state index >= 15 is 0 Å². The van der Waals surface area contributed by atoms with E-state index in [1.807, 2.05) is 49.4 Å². The number of rotatable bonds is 10. The molecule has 45 heavy (non-hydrogen) atoms. The van der Waals surface area contributed by atoms with Gasteiger partial charge in [0.25, 0.3) is 0 Å². The van der Waals surface area contributed by atoms with E-state index in [-0.39, 0.29) is 11.6 Å². The quantitative estimate of drug-likeness (QED) is 0.179. The van der Waals surface area contributed by atoms with Crippen LogP contribution in [-0.4, -0.2) is 63.2 Å².